The fourth-order valence-corrected chi connectivity index (χ4v) is 2.57. The molecule has 0 N–H and O–H groups in total. The molecule has 20 heavy (non-hydrogen) atoms. The van der Waals surface area contributed by atoms with Crippen molar-refractivity contribution >= 4 is 17.2 Å². The minimum Gasteiger partial charge on any atom is -0.196 e. The van der Waals surface area contributed by atoms with Gasteiger partial charge in [0.05, 0.1) is 0 Å². The normalized spacial score (nSPS) is 11.4. The van der Waals surface area contributed by atoms with Crippen LogP contribution >= 0.6 is 11.6 Å². The zero-order chi connectivity index (χ0) is 14.5. The Labute approximate surface area is 125 Å². The highest BCUT2D eigenvalue weighted by Crippen LogP contribution is 2.20. The molecule has 4 nitrogen and oxygen atoms in total. The summed E-state index contributed by atoms with van der Waals surface area (Å²) in [4.78, 5) is 0. The number of aryl methyl sites for hydroxylation is 2. The summed E-state index contributed by atoms with van der Waals surface area (Å²) >= 11 is 6.15. The van der Waals surface area contributed by atoms with Gasteiger partial charge in [-0.1, -0.05) is 50.6 Å². The Hall–Kier alpha value is -1.16. The summed E-state index contributed by atoms with van der Waals surface area (Å²) in [5, 5.41) is 13.4. The van der Waals surface area contributed by atoms with E-state index in [2.05, 4.69) is 22.2 Å². The lowest BCUT2D eigenvalue weighted by Gasteiger charge is -2.05. The predicted molar refractivity (Wildman–Crippen MR) is 82.3 cm³/mol. The lowest BCUT2D eigenvalue weighted by molar-refractivity contribution is 0.596. The molecule has 0 spiro atoms. The second-order valence-electron chi connectivity index (χ2n) is 5.41. The number of rotatable bonds is 7. The van der Waals surface area contributed by atoms with Crippen molar-refractivity contribution < 1.29 is 0 Å². The van der Waals surface area contributed by atoms with Gasteiger partial charge in [-0.2, -0.15) is 9.61 Å². The summed E-state index contributed by atoms with van der Waals surface area (Å²) in [6, 6.07) is 0. The number of halogens is 1. The van der Waals surface area contributed by atoms with Crippen LogP contribution in [-0.2, 0) is 6.42 Å². The van der Waals surface area contributed by atoms with Crippen LogP contribution in [0.3, 0.4) is 0 Å². The van der Waals surface area contributed by atoms with Crippen LogP contribution in [0, 0.1) is 13.8 Å². The molecule has 2 aromatic rings. The molecule has 0 bridgehead atoms. The fourth-order valence-electron chi connectivity index (χ4n) is 2.36. The van der Waals surface area contributed by atoms with Crippen LogP contribution in [0.4, 0.5) is 0 Å². The van der Waals surface area contributed by atoms with Crippen molar-refractivity contribution in [1.29, 1.82) is 0 Å². The number of unbranched alkanes of at least 4 members (excludes halogenated alkanes) is 5. The minimum absolute atomic E-state index is 0.541. The van der Waals surface area contributed by atoms with E-state index in [1.807, 2.05) is 13.8 Å². The molecule has 0 atom stereocenters. The van der Waals surface area contributed by atoms with Gasteiger partial charge in [0.1, 0.15) is 0 Å². The predicted octanol–water partition coefficient (Wildman–Crippen LogP) is 4.30. The standard InChI is InChI=1S/C15H23ClN4/c1-4-5-6-7-8-9-10-13-17-18-15-12(3)11(2)14(16)19-20(13)15/h4-10H2,1-3H3. The Balaban J connectivity index is 2.01. The average Bonchev–Trinajstić information content (AvgIpc) is 2.83. The molecule has 0 amide bonds. The van der Waals surface area contributed by atoms with Gasteiger partial charge in [-0.05, 0) is 25.8 Å². The highest BCUT2D eigenvalue weighted by atomic mass is 35.5. The zero-order valence-corrected chi connectivity index (χ0v) is 13.4. The molecule has 0 aliphatic rings. The number of fused-ring (bicyclic) bond motifs is 1. The highest BCUT2D eigenvalue weighted by Gasteiger charge is 2.13. The van der Waals surface area contributed by atoms with Crippen molar-refractivity contribution in [2.24, 2.45) is 0 Å². The Morgan fingerprint density at radius 2 is 1.65 bits per heavy atom. The fraction of sp³-hybridized carbons (Fsp3) is 0.667. The van der Waals surface area contributed by atoms with E-state index in [1.54, 1.807) is 4.52 Å². The van der Waals surface area contributed by atoms with E-state index >= 15 is 0 Å². The smallest absolute Gasteiger partial charge is 0.181 e. The molecule has 0 radical (unpaired) electrons. The molecule has 2 heterocycles. The van der Waals surface area contributed by atoms with Crippen LogP contribution in [0.25, 0.3) is 5.65 Å². The summed E-state index contributed by atoms with van der Waals surface area (Å²) in [6.45, 7) is 6.22. The van der Waals surface area contributed by atoms with Crippen LogP contribution in [0.1, 0.15) is 62.4 Å². The van der Waals surface area contributed by atoms with Crippen molar-refractivity contribution in [2.75, 3.05) is 0 Å². The lowest BCUT2D eigenvalue weighted by atomic mass is 10.1. The quantitative estimate of drug-likeness (QED) is 0.715. The van der Waals surface area contributed by atoms with Gasteiger partial charge < -0.3 is 0 Å². The van der Waals surface area contributed by atoms with Gasteiger partial charge in [-0.25, -0.2) is 0 Å². The first-order valence-electron chi connectivity index (χ1n) is 7.52. The van der Waals surface area contributed by atoms with E-state index in [0.29, 0.717) is 5.15 Å². The van der Waals surface area contributed by atoms with Gasteiger partial charge in [0.15, 0.2) is 16.6 Å². The van der Waals surface area contributed by atoms with Crippen LogP contribution in [0.2, 0.25) is 5.15 Å². The van der Waals surface area contributed by atoms with E-state index in [9.17, 15) is 0 Å². The molecular weight excluding hydrogens is 272 g/mol. The second-order valence-corrected chi connectivity index (χ2v) is 5.77. The van der Waals surface area contributed by atoms with Crippen molar-refractivity contribution in [1.82, 2.24) is 19.8 Å². The molecule has 2 rings (SSSR count). The van der Waals surface area contributed by atoms with Crippen molar-refractivity contribution in [3.63, 3.8) is 0 Å². The third-order valence-electron chi connectivity index (χ3n) is 3.85. The van der Waals surface area contributed by atoms with Gasteiger partial charge in [-0.3, -0.25) is 0 Å². The lowest BCUT2D eigenvalue weighted by Crippen LogP contribution is -2.02. The first-order chi connectivity index (χ1) is 9.65. The molecule has 0 unspecified atom stereocenters. The molecular formula is C15H23ClN4. The second kappa shape index (κ2) is 7.02. The molecule has 0 fully saturated rings. The Morgan fingerprint density at radius 1 is 0.950 bits per heavy atom. The Kier molecular flexibility index (Phi) is 5.35. The van der Waals surface area contributed by atoms with Gasteiger partial charge in [0.2, 0.25) is 0 Å². The monoisotopic (exact) mass is 294 g/mol. The zero-order valence-electron chi connectivity index (χ0n) is 12.6. The third kappa shape index (κ3) is 3.29. The van der Waals surface area contributed by atoms with Gasteiger partial charge in [0.25, 0.3) is 0 Å². The van der Waals surface area contributed by atoms with E-state index in [1.165, 1.54) is 32.1 Å². The van der Waals surface area contributed by atoms with E-state index in [4.69, 9.17) is 11.6 Å². The third-order valence-corrected chi connectivity index (χ3v) is 4.21. The first-order valence-corrected chi connectivity index (χ1v) is 7.90. The summed E-state index contributed by atoms with van der Waals surface area (Å²) in [7, 11) is 0. The van der Waals surface area contributed by atoms with Crippen LogP contribution in [-0.4, -0.2) is 19.8 Å². The van der Waals surface area contributed by atoms with Crippen LogP contribution < -0.4 is 0 Å². The maximum atomic E-state index is 6.15. The number of nitrogens with zero attached hydrogens (tertiary/aromatic N) is 4. The van der Waals surface area contributed by atoms with E-state index in [0.717, 1.165) is 35.4 Å². The van der Waals surface area contributed by atoms with Crippen molar-refractivity contribution in [3.8, 4) is 0 Å². The number of hydrogen-bond donors (Lipinski definition) is 0. The molecule has 0 aliphatic heterocycles. The van der Waals surface area contributed by atoms with Crippen molar-refractivity contribution in [3.05, 3.63) is 22.1 Å². The summed E-state index contributed by atoms with van der Waals surface area (Å²) < 4.78 is 1.80. The molecule has 0 aromatic carbocycles. The number of hydrogen-bond acceptors (Lipinski definition) is 3. The Bertz CT molecular complexity index is 577. The number of aromatic nitrogens is 4. The van der Waals surface area contributed by atoms with Crippen LogP contribution in [0.15, 0.2) is 0 Å². The molecule has 0 aliphatic carbocycles. The molecule has 0 saturated heterocycles. The van der Waals surface area contributed by atoms with Gasteiger partial charge >= 0.3 is 0 Å². The molecule has 0 saturated carbocycles. The molecule has 2 aromatic heterocycles. The topological polar surface area (TPSA) is 43.1 Å². The SMILES string of the molecule is CCCCCCCCc1nnc2c(C)c(C)c(Cl)nn12. The highest BCUT2D eigenvalue weighted by molar-refractivity contribution is 6.30. The summed E-state index contributed by atoms with van der Waals surface area (Å²) in [6.07, 6.45) is 8.55. The maximum Gasteiger partial charge on any atom is 0.181 e. The average molecular weight is 295 g/mol. The minimum atomic E-state index is 0.541. The summed E-state index contributed by atoms with van der Waals surface area (Å²) in [5.74, 6) is 0.917. The van der Waals surface area contributed by atoms with Crippen molar-refractivity contribution in [2.45, 2.75) is 65.7 Å². The van der Waals surface area contributed by atoms with E-state index < -0.39 is 0 Å². The van der Waals surface area contributed by atoms with Gasteiger partial charge in [0, 0.05) is 12.0 Å². The molecule has 110 valence electrons. The molecule has 5 heteroatoms. The summed E-state index contributed by atoms with van der Waals surface area (Å²) in [5.41, 5.74) is 2.87. The first kappa shape index (κ1) is 15.2. The van der Waals surface area contributed by atoms with Gasteiger partial charge in [-0.15, -0.1) is 10.2 Å². The van der Waals surface area contributed by atoms with E-state index in [-0.39, 0.29) is 0 Å². The largest absolute Gasteiger partial charge is 0.196 e. The van der Waals surface area contributed by atoms with Crippen LogP contribution in [0.5, 0.6) is 0 Å². The Morgan fingerprint density at radius 3 is 2.40 bits per heavy atom. The maximum absolute atomic E-state index is 6.15.